The number of rotatable bonds is 4. The van der Waals surface area contributed by atoms with Crippen LogP contribution in [0.25, 0.3) is 0 Å². The van der Waals surface area contributed by atoms with Gasteiger partial charge >= 0.3 is 0 Å². The number of benzene rings is 1. The molecule has 0 bridgehead atoms. The predicted octanol–water partition coefficient (Wildman–Crippen LogP) is 2.66. The maximum absolute atomic E-state index is 12.7. The first kappa shape index (κ1) is 14.9. The molecule has 0 spiro atoms. The van der Waals surface area contributed by atoms with Gasteiger partial charge in [-0.1, -0.05) is 30.3 Å². The Morgan fingerprint density at radius 2 is 2.14 bits per heavy atom. The lowest BCUT2D eigenvalue weighted by Gasteiger charge is -2.31. The van der Waals surface area contributed by atoms with Crippen molar-refractivity contribution in [2.75, 3.05) is 12.3 Å². The molecule has 2 saturated heterocycles. The number of hydrogen-bond acceptors (Lipinski definition) is 3. The highest BCUT2D eigenvalue weighted by molar-refractivity contribution is 8.00. The first-order valence-corrected chi connectivity index (χ1v) is 8.80. The average molecular weight is 304 g/mol. The Hall–Kier alpha value is -1.00. The van der Waals surface area contributed by atoms with Crippen molar-refractivity contribution in [3.63, 3.8) is 0 Å². The molecule has 2 aliphatic heterocycles. The summed E-state index contributed by atoms with van der Waals surface area (Å²) in [5.41, 5.74) is 1.22. The minimum atomic E-state index is -0.0718. The highest BCUT2D eigenvalue weighted by atomic mass is 32.2. The van der Waals surface area contributed by atoms with Crippen LogP contribution in [0.15, 0.2) is 30.3 Å². The minimum Gasteiger partial charge on any atom is -0.325 e. The second-order valence-corrected chi connectivity index (χ2v) is 8.14. The molecule has 3 atom stereocenters. The van der Waals surface area contributed by atoms with Crippen molar-refractivity contribution in [3.05, 3.63) is 35.9 Å². The van der Waals surface area contributed by atoms with Gasteiger partial charge in [0.1, 0.15) is 0 Å². The SMILES string of the molecule is CC1NC(Cc2ccccc2)C(=O)N1CC1(C)CCCS1. The normalized spacial score (nSPS) is 32.9. The van der Waals surface area contributed by atoms with E-state index in [0.29, 0.717) is 0 Å². The summed E-state index contributed by atoms with van der Waals surface area (Å²) in [4.78, 5) is 14.8. The number of hydrogen-bond donors (Lipinski definition) is 1. The Bertz CT molecular complexity index is 499. The second kappa shape index (κ2) is 6.01. The minimum absolute atomic E-state index is 0.0718. The highest BCUT2D eigenvalue weighted by Crippen LogP contribution is 2.39. The van der Waals surface area contributed by atoms with E-state index in [-0.39, 0.29) is 22.9 Å². The number of nitrogens with zero attached hydrogens (tertiary/aromatic N) is 1. The van der Waals surface area contributed by atoms with Crippen molar-refractivity contribution in [2.45, 2.75) is 50.1 Å². The summed E-state index contributed by atoms with van der Waals surface area (Å²) in [6.45, 7) is 5.27. The van der Waals surface area contributed by atoms with Gasteiger partial charge in [0.05, 0.1) is 12.2 Å². The lowest BCUT2D eigenvalue weighted by Crippen LogP contribution is -2.43. The van der Waals surface area contributed by atoms with E-state index in [1.165, 1.54) is 24.2 Å². The molecule has 1 aromatic carbocycles. The van der Waals surface area contributed by atoms with Crippen LogP contribution in [0, 0.1) is 0 Å². The summed E-state index contributed by atoms with van der Waals surface area (Å²) in [6.07, 6.45) is 3.42. The maximum Gasteiger partial charge on any atom is 0.241 e. The highest BCUT2D eigenvalue weighted by Gasteiger charge is 2.41. The fraction of sp³-hybridized carbons (Fsp3) is 0.588. The fourth-order valence-electron chi connectivity index (χ4n) is 3.38. The molecule has 1 N–H and O–H groups in total. The zero-order valence-electron chi connectivity index (χ0n) is 12.8. The average Bonchev–Trinajstić information content (AvgIpc) is 3.00. The first-order chi connectivity index (χ1) is 10.1. The van der Waals surface area contributed by atoms with Gasteiger partial charge in [-0.2, -0.15) is 11.8 Å². The van der Waals surface area contributed by atoms with Gasteiger partial charge in [-0.25, -0.2) is 0 Å². The number of carbonyl (C=O) groups is 1. The summed E-state index contributed by atoms with van der Waals surface area (Å²) in [5, 5.41) is 3.46. The topological polar surface area (TPSA) is 32.3 Å². The van der Waals surface area contributed by atoms with Crippen molar-refractivity contribution in [1.29, 1.82) is 0 Å². The summed E-state index contributed by atoms with van der Waals surface area (Å²) < 4.78 is 0.243. The summed E-state index contributed by atoms with van der Waals surface area (Å²) in [5.74, 6) is 1.49. The van der Waals surface area contributed by atoms with Gasteiger partial charge in [-0.05, 0) is 44.4 Å². The van der Waals surface area contributed by atoms with Gasteiger partial charge in [0.15, 0.2) is 0 Å². The van der Waals surface area contributed by atoms with Gasteiger partial charge in [0.2, 0.25) is 5.91 Å². The van der Waals surface area contributed by atoms with E-state index in [1.807, 2.05) is 34.9 Å². The summed E-state index contributed by atoms with van der Waals surface area (Å²) in [6, 6.07) is 10.2. The van der Waals surface area contributed by atoms with Gasteiger partial charge in [-0.3, -0.25) is 10.1 Å². The molecule has 0 aliphatic carbocycles. The molecule has 21 heavy (non-hydrogen) atoms. The molecule has 0 radical (unpaired) electrons. The Kier molecular flexibility index (Phi) is 4.27. The number of nitrogens with one attached hydrogen (secondary N) is 1. The summed E-state index contributed by atoms with van der Waals surface area (Å²) in [7, 11) is 0. The fourth-order valence-corrected chi connectivity index (χ4v) is 4.68. The van der Waals surface area contributed by atoms with Crippen LogP contribution in [-0.4, -0.2) is 40.1 Å². The Labute approximate surface area is 131 Å². The van der Waals surface area contributed by atoms with Gasteiger partial charge in [-0.15, -0.1) is 0 Å². The van der Waals surface area contributed by atoms with Crippen LogP contribution in [0.5, 0.6) is 0 Å². The zero-order valence-corrected chi connectivity index (χ0v) is 13.7. The smallest absolute Gasteiger partial charge is 0.241 e. The number of amides is 1. The molecular formula is C17H24N2OS. The molecule has 1 aromatic rings. The van der Waals surface area contributed by atoms with Crippen molar-refractivity contribution >= 4 is 17.7 Å². The standard InChI is InChI=1S/C17H24N2OS/c1-13-18-15(11-14-7-4-3-5-8-14)16(20)19(13)12-17(2)9-6-10-21-17/h3-5,7-8,13,15,18H,6,9-12H2,1-2H3. The molecule has 3 rings (SSSR count). The van der Waals surface area contributed by atoms with Gasteiger partial charge in [0, 0.05) is 11.3 Å². The first-order valence-electron chi connectivity index (χ1n) is 7.82. The molecule has 114 valence electrons. The quantitative estimate of drug-likeness (QED) is 0.928. The van der Waals surface area contributed by atoms with E-state index in [9.17, 15) is 4.79 Å². The monoisotopic (exact) mass is 304 g/mol. The van der Waals surface area contributed by atoms with Crippen LogP contribution in [0.1, 0.15) is 32.3 Å². The molecular weight excluding hydrogens is 280 g/mol. The molecule has 4 heteroatoms. The lowest BCUT2D eigenvalue weighted by atomic mass is 10.0. The van der Waals surface area contributed by atoms with Crippen LogP contribution >= 0.6 is 11.8 Å². The van der Waals surface area contributed by atoms with E-state index >= 15 is 0 Å². The van der Waals surface area contributed by atoms with E-state index in [1.54, 1.807) is 0 Å². The van der Waals surface area contributed by atoms with E-state index in [4.69, 9.17) is 0 Å². The largest absolute Gasteiger partial charge is 0.325 e. The van der Waals surface area contributed by atoms with Crippen LogP contribution < -0.4 is 5.32 Å². The Balaban J connectivity index is 1.66. The lowest BCUT2D eigenvalue weighted by molar-refractivity contribution is -0.130. The molecule has 2 aliphatic rings. The van der Waals surface area contributed by atoms with Crippen LogP contribution in [-0.2, 0) is 11.2 Å². The summed E-state index contributed by atoms with van der Waals surface area (Å²) >= 11 is 2.02. The maximum atomic E-state index is 12.7. The van der Waals surface area contributed by atoms with Crippen LogP contribution in [0.4, 0.5) is 0 Å². The Morgan fingerprint density at radius 3 is 2.81 bits per heavy atom. The third-order valence-electron chi connectivity index (χ3n) is 4.58. The van der Waals surface area contributed by atoms with Gasteiger partial charge < -0.3 is 4.90 Å². The third-order valence-corrected chi connectivity index (χ3v) is 6.10. The molecule has 3 unspecified atom stereocenters. The van der Waals surface area contributed by atoms with Crippen molar-refractivity contribution in [3.8, 4) is 0 Å². The van der Waals surface area contributed by atoms with Crippen molar-refractivity contribution in [1.82, 2.24) is 10.2 Å². The number of thioether (sulfide) groups is 1. The molecule has 0 aromatic heterocycles. The van der Waals surface area contributed by atoms with Crippen molar-refractivity contribution in [2.24, 2.45) is 0 Å². The molecule has 1 amide bonds. The van der Waals surface area contributed by atoms with Crippen molar-refractivity contribution < 1.29 is 4.79 Å². The third kappa shape index (κ3) is 3.27. The second-order valence-electron chi connectivity index (χ2n) is 6.45. The molecule has 0 saturated carbocycles. The van der Waals surface area contributed by atoms with E-state index in [2.05, 4.69) is 31.3 Å². The van der Waals surface area contributed by atoms with E-state index < -0.39 is 0 Å². The molecule has 2 heterocycles. The van der Waals surface area contributed by atoms with Crippen LogP contribution in [0.3, 0.4) is 0 Å². The predicted molar refractivity (Wildman–Crippen MR) is 88.3 cm³/mol. The van der Waals surface area contributed by atoms with Gasteiger partial charge in [0.25, 0.3) is 0 Å². The molecule has 3 nitrogen and oxygen atoms in total. The van der Waals surface area contributed by atoms with E-state index in [0.717, 1.165) is 13.0 Å². The number of carbonyl (C=O) groups excluding carboxylic acids is 1. The zero-order chi connectivity index (χ0) is 14.9. The Morgan fingerprint density at radius 1 is 1.38 bits per heavy atom. The van der Waals surface area contributed by atoms with Crippen LogP contribution in [0.2, 0.25) is 0 Å². The molecule has 2 fully saturated rings.